The maximum Gasteiger partial charge on any atom is 0.218 e. The summed E-state index contributed by atoms with van der Waals surface area (Å²) >= 11 is 0. The van der Waals surface area contributed by atoms with Crippen LogP contribution in [0.3, 0.4) is 0 Å². The Balaban J connectivity index is 2.78. The summed E-state index contributed by atoms with van der Waals surface area (Å²) in [4.78, 5) is 3.85. The van der Waals surface area contributed by atoms with E-state index < -0.39 is 0 Å². The Hall–Kier alpha value is -1.51. The molecule has 0 aromatic carbocycles. The average Bonchev–Trinajstić information content (AvgIpc) is 1.95. The van der Waals surface area contributed by atoms with Crippen molar-refractivity contribution in [2.24, 2.45) is 0 Å². The van der Waals surface area contributed by atoms with Crippen molar-refractivity contribution in [2.75, 3.05) is 5.73 Å². The van der Waals surface area contributed by atoms with Crippen molar-refractivity contribution in [3.05, 3.63) is 31.2 Å². The lowest BCUT2D eigenvalue weighted by atomic mass is 10.4. The molecule has 0 aliphatic rings. The molecule has 0 amide bonds. The number of rotatable bonds is 2. The van der Waals surface area contributed by atoms with Crippen molar-refractivity contribution in [3.8, 4) is 5.88 Å². The molecule has 0 saturated carbocycles. The van der Waals surface area contributed by atoms with E-state index in [1.165, 1.54) is 12.5 Å². The minimum absolute atomic E-state index is 0.504. The minimum atomic E-state index is 0.504. The molecule has 0 bridgehead atoms. The molecule has 52 valence electrons. The highest BCUT2D eigenvalue weighted by molar-refractivity contribution is 5.36. The van der Waals surface area contributed by atoms with Gasteiger partial charge in [0.25, 0.3) is 0 Å². The highest BCUT2D eigenvalue weighted by Gasteiger charge is 1.89. The fourth-order valence-electron chi connectivity index (χ4n) is 0.547. The fraction of sp³-hybridized carbons (Fsp3) is 0. The molecule has 0 unspecified atom stereocenters. The smallest absolute Gasteiger partial charge is 0.218 e. The normalized spacial score (nSPS) is 8.80. The van der Waals surface area contributed by atoms with Crippen molar-refractivity contribution in [2.45, 2.75) is 0 Å². The molecule has 0 atom stereocenters. The van der Waals surface area contributed by atoms with Gasteiger partial charge in [-0.2, -0.15) is 0 Å². The lowest BCUT2D eigenvalue weighted by molar-refractivity contribution is 0.463. The SMILES string of the molecule is C=COc1ccc(N)cn1. The second kappa shape index (κ2) is 2.87. The highest BCUT2D eigenvalue weighted by Crippen LogP contribution is 2.07. The van der Waals surface area contributed by atoms with Gasteiger partial charge in [0.05, 0.1) is 18.1 Å². The fourth-order valence-corrected chi connectivity index (χ4v) is 0.547. The predicted molar refractivity (Wildman–Crippen MR) is 39.5 cm³/mol. The first-order valence-electron chi connectivity index (χ1n) is 2.82. The third kappa shape index (κ3) is 1.48. The van der Waals surface area contributed by atoms with Crippen LogP contribution in [0.25, 0.3) is 0 Å². The zero-order valence-corrected chi connectivity index (χ0v) is 5.45. The molecular formula is C7H8N2O. The molecule has 0 radical (unpaired) electrons. The standard InChI is InChI=1S/C7H8N2O/c1-2-10-7-4-3-6(8)5-9-7/h2-5H,1,8H2. The Morgan fingerprint density at radius 2 is 2.40 bits per heavy atom. The van der Waals surface area contributed by atoms with Crippen LogP contribution in [-0.2, 0) is 0 Å². The van der Waals surface area contributed by atoms with Gasteiger partial charge in [0.15, 0.2) is 0 Å². The third-order valence-corrected chi connectivity index (χ3v) is 0.963. The van der Waals surface area contributed by atoms with Gasteiger partial charge >= 0.3 is 0 Å². The molecule has 0 aliphatic heterocycles. The molecule has 0 spiro atoms. The van der Waals surface area contributed by atoms with E-state index in [0.29, 0.717) is 11.6 Å². The van der Waals surface area contributed by atoms with Crippen LogP contribution in [0.5, 0.6) is 5.88 Å². The summed E-state index contributed by atoms with van der Waals surface area (Å²) in [5.41, 5.74) is 6.00. The van der Waals surface area contributed by atoms with Crippen LogP contribution in [0.2, 0.25) is 0 Å². The molecule has 3 nitrogen and oxygen atoms in total. The quantitative estimate of drug-likeness (QED) is 0.621. The molecular weight excluding hydrogens is 128 g/mol. The Kier molecular flexibility index (Phi) is 1.89. The van der Waals surface area contributed by atoms with Crippen LogP contribution in [-0.4, -0.2) is 4.98 Å². The molecule has 1 heterocycles. The summed E-state index contributed by atoms with van der Waals surface area (Å²) in [5, 5.41) is 0. The van der Waals surface area contributed by atoms with Crippen LogP contribution in [0.4, 0.5) is 5.69 Å². The van der Waals surface area contributed by atoms with Crippen molar-refractivity contribution < 1.29 is 4.74 Å². The Morgan fingerprint density at radius 3 is 2.90 bits per heavy atom. The number of ether oxygens (including phenoxy) is 1. The van der Waals surface area contributed by atoms with Gasteiger partial charge < -0.3 is 10.5 Å². The first-order valence-corrected chi connectivity index (χ1v) is 2.82. The van der Waals surface area contributed by atoms with Crippen LogP contribution in [0, 0.1) is 0 Å². The molecule has 10 heavy (non-hydrogen) atoms. The van der Waals surface area contributed by atoms with E-state index in [2.05, 4.69) is 11.6 Å². The van der Waals surface area contributed by atoms with Crippen LogP contribution in [0.15, 0.2) is 31.2 Å². The van der Waals surface area contributed by atoms with Crippen LogP contribution >= 0.6 is 0 Å². The summed E-state index contributed by atoms with van der Waals surface area (Å²) < 4.78 is 4.86. The lowest BCUT2D eigenvalue weighted by Crippen LogP contribution is -1.88. The van der Waals surface area contributed by atoms with Crippen molar-refractivity contribution >= 4 is 5.69 Å². The molecule has 1 rings (SSSR count). The van der Waals surface area contributed by atoms with Gasteiger partial charge in [0.1, 0.15) is 0 Å². The number of nitrogens with two attached hydrogens (primary N) is 1. The van der Waals surface area contributed by atoms with Gasteiger partial charge in [0.2, 0.25) is 5.88 Å². The van der Waals surface area contributed by atoms with Gasteiger partial charge in [-0.05, 0) is 6.07 Å². The molecule has 3 heteroatoms. The van der Waals surface area contributed by atoms with E-state index in [4.69, 9.17) is 10.5 Å². The largest absolute Gasteiger partial charge is 0.447 e. The second-order valence-electron chi connectivity index (χ2n) is 1.71. The zero-order valence-electron chi connectivity index (χ0n) is 5.45. The number of aromatic nitrogens is 1. The number of anilines is 1. The summed E-state index contributed by atoms with van der Waals surface area (Å²) in [7, 11) is 0. The molecule has 0 fully saturated rings. The molecule has 1 aromatic heterocycles. The molecule has 1 aromatic rings. The monoisotopic (exact) mass is 136 g/mol. The summed E-state index contributed by atoms with van der Waals surface area (Å²) in [5.74, 6) is 0.504. The van der Waals surface area contributed by atoms with E-state index in [-0.39, 0.29) is 0 Å². The highest BCUT2D eigenvalue weighted by atomic mass is 16.5. The van der Waals surface area contributed by atoms with Crippen molar-refractivity contribution in [1.29, 1.82) is 0 Å². The number of hydrogen-bond donors (Lipinski definition) is 1. The lowest BCUT2D eigenvalue weighted by Gasteiger charge is -1.96. The maximum atomic E-state index is 5.38. The number of nitrogen functional groups attached to an aromatic ring is 1. The topological polar surface area (TPSA) is 48.1 Å². The molecule has 0 aliphatic carbocycles. The number of pyridine rings is 1. The summed E-state index contributed by atoms with van der Waals surface area (Å²) in [6, 6.07) is 3.39. The predicted octanol–water partition coefficient (Wildman–Crippen LogP) is 1.19. The van der Waals surface area contributed by atoms with Gasteiger partial charge in [0, 0.05) is 6.07 Å². The van der Waals surface area contributed by atoms with Crippen molar-refractivity contribution in [1.82, 2.24) is 4.98 Å². The third-order valence-electron chi connectivity index (χ3n) is 0.963. The van der Waals surface area contributed by atoms with Crippen LogP contribution in [0.1, 0.15) is 0 Å². The van der Waals surface area contributed by atoms with Gasteiger partial charge in [-0.1, -0.05) is 6.58 Å². The Bertz CT molecular complexity index is 218. The first-order chi connectivity index (χ1) is 4.83. The summed E-state index contributed by atoms with van der Waals surface area (Å²) in [6.07, 6.45) is 2.84. The number of nitrogens with zero attached hydrogens (tertiary/aromatic N) is 1. The van der Waals surface area contributed by atoms with E-state index >= 15 is 0 Å². The maximum absolute atomic E-state index is 5.38. The minimum Gasteiger partial charge on any atom is -0.447 e. The van der Waals surface area contributed by atoms with E-state index in [1.54, 1.807) is 12.1 Å². The second-order valence-corrected chi connectivity index (χ2v) is 1.71. The number of hydrogen-bond acceptors (Lipinski definition) is 3. The van der Waals surface area contributed by atoms with Gasteiger partial charge in [-0.25, -0.2) is 4.98 Å². The van der Waals surface area contributed by atoms with Gasteiger partial charge in [-0.3, -0.25) is 0 Å². The zero-order chi connectivity index (χ0) is 7.40. The van der Waals surface area contributed by atoms with Gasteiger partial charge in [-0.15, -0.1) is 0 Å². The van der Waals surface area contributed by atoms with E-state index in [0.717, 1.165) is 0 Å². The average molecular weight is 136 g/mol. The van der Waals surface area contributed by atoms with E-state index in [9.17, 15) is 0 Å². The van der Waals surface area contributed by atoms with E-state index in [1.807, 2.05) is 0 Å². The Morgan fingerprint density at radius 1 is 1.60 bits per heavy atom. The molecule has 2 N–H and O–H groups in total. The summed E-state index contributed by atoms with van der Waals surface area (Å²) in [6.45, 7) is 3.38. The van der Waals surface area contributed by atoms with Crippen LogP contribution < -0.4 is 10.5 Å². The van der Waals surface area contributed by atoms with Crippen molar-refractivity contribution in [3.63, 3.8) is 0 Å². The Labute approximate surface area is 59.1 Å². The first kappa shape index (κ1) is 6.61. The molecule has 0 saturated heterocycles.